The number of nitrogens with one attached hydrogen (secondary N) is 2. The van der Waals surface area contributed by atoms with Crippen molar-refractivity contribution in [2.75, 3.05) is 27.3 Å². The SMILES string of the molecule is CNC(=O)c1cc(C(=O)NC)cc(-c2cccc(C3C[C@@H](O[C@H]4O[C@H](CO)C[C@H](O)[C@@H]4O)C[C@@H](CO)O3)c2)c1. The third-order valence-electron chi connectivity index (χ3n) is 7.10. The van der Waals surface area contributed by atoms with Crippen molar-refractivity contribution in [1.82, 2.24) is 10.6 Å². The van der Waals surface area contributed by atoms with E-state index in [0.717, 1.165) is 11.1 Å². The standard InChI is InChI=1S/C28H36N2O9/c1-29-26(35)18-7-17(8-19(9-18)27(36)30-2)15-4-3-5-16(6-15)24-12-20(10-21(13-31)37-24)38-28-25(34)23(33)11-22(14-32)39-28/h3-9,20-25,28,31-34H,10-14H2,1-2H3,(H,29,35)(H,30,36)/t20-,21-,22-,23-,24?,25-,28-/m0/s1. The number of benzene rings is 2. The lowest BCUT2D eigenvalue weighted by Gasteiger charge is -2.41. The maximum Gasteiger partial charge on any atom is 0.251 e. The molecular formula is C28H36N2O9. The van der Waals surface area contributed by atoms with Gasteiger partial charge in [-0.05, 0) is 41.0 Å². The molecule has 2 fully saturated rings. The van der Waals surface area contributed by atoms with Gasteiger partial charge in [0, 0.05) is 44.5 Å². The molecule has 2 heterocycles. The molecule has 2 amide bonds. The molecule has 2 aromatic rings. The van der Waals surface area contributed by atoms with Crippen molar-refractivity contribution in [3.63, 3.8) is 0 Å². The van der Waals surface area contributed by atoms with Gasteiger partial charge < -0.3 is 45.3 Å². The van der Waals surface area contributed by atoms with Gasteiger partial charge in [-0.25, -0.2) is 0 Å². The number of carbonyl (C=O) groups is 2. The maximum absolute atomic E-state index is 12.4. The van der Waals surface area contributed by atoms with E-state index < -0.39 is 42.9 Å². The van der Waals surface area contributed by atoms with E-state index in [4.69, 9.17) is 14.2 Å². The van der Waals surface area contributed by atoms with Crippen molar-refractivity contribution in [2.45, 2.75) is 62.2 Å². The molecule has 0 saturated carbocycles. The van der Waals surface area contributed by atoms with E-state index in [0.29, 0.717) is 29.5 Å². The number of ether oxygens (including phenoxy) is 3. The number of rotatable bonds is 8. The van der Waals surface area contributed by atoms with E-state index in [1.165, 1.54) is 20.2 Å². The first kappa shape index (κ1) is 29.1. The summed E-state index contributed by atoms with van der Waals surface area (Å²) in [6.07, 6.45) is -4.78. The molecule has 0 bridgehead atoms. The molecule has 4 rings (SSSR count). The van der Waals surface area contributed by atoms with Crippen LogP contribution in [-0.2, 0) is 14.2 Å². The van der Waals surface area contributed by atoms with E-state index in [9.17, 15) is 30.0 Å². The molecule has 6 N–H and O–H groups in total. The summed E-state index contributed by atoms with van der Waals surface area (Å²) in [5.41, 5.74) is 2.91. The maximum atomic E-state index is 12.4. The zero-order valence-corrected chi connectivity index (χ0v) is 21.9. The van der Waals surface area contributed by atoms with Crippen LogP contribution in [0.1, 0.15) is 51.6 Å². The predicted molar refractivity (Wildman–Crippen MR) is 140 cm³/mol. The second kappa shape index (κ2) is 13.0. The van der Waals surface area contributed by atoms with Crippen molar-refractivity contribution in [1.29, 1.82) is 0 Å². The molecule has 11 nitrogen and oxygen atoms in total. The minimum Gasteiger partial charge on any atom is -0.394 e. The molecule has 11 heteroatoms. The van der Waals surface area contributed by atoms with E-state index >= 15 is 0 Å². The fourth-order valence-corrected chi connectivity index (χ4v) is 5.01. The highest BCUT2D eigenvalue weighted by molar-refractivity contribution is 6.01. The Morgan fingerprint density at radius 2 is 1.51 bits per heavy atom. The Hall–Kier alpha value is -2.90. The molecule has 0 aromatic heterocycles. The summed E-state index contributed by atoms with van der Waals surface area (Å²) in [7, 11) is 3.04. The zero-order chi connectivity index (χ0) is 28.1. The van der Waals surface area contributed by atoms with Crippen molar-refractivity contribution in [2.24, 2.45) is 0 Å². The van der Waals surface area contributed by atoms with Gasteiger partial charge >= 0.3 is 0 Å². The summed E-state index contributed by atoms with van der Waals surface area (Å²) in [6, 6.07) is 12.4. The van der Waals surface area contributed by atoms with E-state index in [-0.39, 0.29) is 31.4 Å². The van der Waals surface area contributed by atoms with Gasteiger partial charge in [-0.15, -0.1) is 0 Å². The van der Waals surface area contributed by atoms with Crippen molar-refractivity contribution in [3.05, 3.63) is 59.2 Å². The van der Waals surface area contributed by atoms with Crippen LogP contribution in [0.15, 0.2) is 42.5 Å². The van der Waals surface area contributed by atoms with Gasteiger partial charge in [0.25, 0.3) is 11.8 Å². The molecule has 39 heavy (non-hydrogen) atoms. The quantitative estimate of drug-likeness (QED) is 0.277. The van der Waals surface area contributed by atoms with Gasteiger partial charge in [0.2, 0.25) is 0 Å². The first-order chi connectivity index (χ1) is 18.8. The Labute approximate surface area is 226 Å². The van der Waals surface area contributed by atoms with Crippen LogP contribution in [0.2, 0.25) is 0 Å². The predicted octanol–water partition coefficient (Wildman–Crippen LogP) is 0.499. The highest BCUT2D eigenvalue weighted by Crippen LogP contribution is 2.36. The minimum atomic E-state index is -1.27. The topological polar surface area (TPSA) is 167 Å². The second-order valence-corrected chi connectivity index (χ2v) is 9.84. The number of amides is 2. The largest absolute Gasteiger partial charge is 0.394 e. The molecular weight excluding hydrogens is 508 g/mol. The normalized spacial score (nSPS) is 29.0. The molecule has 212 valence electrons. The van der Waals surface area contributed by atoms with Gasteiger partial charge in [0.1, 0.15) is 6.10 Å². The average Bonchev–Trinajstić information content (AvgIpc) is 2.97. The molecule has 2 saturated heterocycles. The van der Waals surface area contributed by atoms with Gasteiger partial charge in [-0.3, -0.25) is 9.59 Å². The summed E-state index contributed by atoms with van der Waals surface area (Å²) < 4.78 is 17.8. The van der Waals surface area contributed by atoms with Crippen LogP contribution in [0, 0.1) is 0 Å². The van der Waals surface area contributed by atoms with Crippen LogP contribution in [-0.4, -0.2) is 96.4 Å². The Morgan fingerprint density at radius 1 is 0.872 bits per heavy atom. The first-order valence-corrected chi connectivity index (χ1v) is 13.0. The van der Waals surface area contributed by atoms with E-state index in [2.05, 4.69) is 10.6 Å². The summed E-state index contributed by atoms with van der Waals surface area (Å²) in [5.74, 6) is -0.638. The summed E-state index contributed by atoms with van der Waals surface area (Å²) in [4.78, 5) is 24.7. The average molecular weight is 545 g/mol. The van der Waals surface area contributed by atoms with Gasteiger partial charge in [-0.1, -0.05) is 18.2 Å². The van der Waals surface area contributed by atoms with Crippen molar-refractivity contribution in [3.8, 4) is 11.1 Å². The summed E-state index contributed by atoms with van der Waals surface area (Å²) >= 11 is 0. The lowest BCUT2D eigenvalue weighted by molar-refractivity contribution is -0.295. The molecule has 7 atom stereocenters. The lowest BCUT2D eigenvalue weighted by atomic mass is 9.92. The number of hydrogen-bond acceptors (Lipinski definition) is 9. The minimum absolute atomic E-state index is 0.0999. The number of hydrogen-bond donors (Lipinski definition) is 6. The fraction of sp³-hybridized carbons (Fsp3) is 0.500. The molecule has 0 spiro atoms. The van der Waals surface area contributed by atoms with Crippen LogP contribution in [0.25, 0.3) is 11.1 Å². The Morgan fingerprint density at radius 3 is 2.13 bits per heavy atom. The third-order valence-corrected chi connectivity index (χ3v) is 7.10. The Kier molecular flexibility index (Phi) is 9.67. The van der Waals surface area contributed by atoms with Crippen LogP contribution in [0.4, 0.5) is 0 Å². The molecule has 0 aliphatic carbocycles. The highest BCUT2D eigenvalue weighted by Gasteiger charge is 2.40. The lowest BCUT2D eigenvalue weighted by Crippen LogP contribution is -2.52. The summed E-state index contributed by atoms with van der Waals surface area (Å²) in [5, 5.41) is 45.1. The number of aliphatic hydroxyl groups excluding tert-OH is 4. The zero-order valence-electron chi connectivity index (χ0n) is 21.9. The number of aliphatic hydroxyl groups is 4. The van der Waals surface area contributed by atoms with Gasteiger partial charge in [0.05, 0.1) is 43.7 Å². The van der Waals surface area contributed by atoms with Crippen molar-refractivity contribution >= 4 is 11.8 Å². The summed E-state index contributed by atoms with van der Waals surface area (Å²) in [6.45, 7) is -0.551. The van der Waals surface area contributed by atoms with Crippen LogP contribution in [0.3, 0.4) is 0 Å². The fourth-order valence-electron chi connectivity index (χ4n) is 5.01. The van der Waals surface area contributed by atoms with E-state index in [1.807, 2.05) is 24.3 Å². The smallest absolute Gasteiger partial charge is 0.251 e. The van der Waals surface area contributed by atoms with Crippen molar-refractivity contribution < 1.29 is 44.2 Å². The molecule has 1 unspecified atom stereocenters. The second-order valence-electron chi connectivity index (χ2n) is 9.84. The Balaban J connectivity index is 1.59. The van der Waals surface area contributed by atoms with Gasteiger partial charge in [-0.2, -0.15) is 0 Å². The van der Waals surface area contributed by atoms with Gasteiger partial charge in [0.15, 0.2) is 6.29 Å². The third kappa shape index (κ3) is 6.82. The molecule has 2 aliphatic heterocycles. The first-order valence-electron chi connectivity index (χ1n) is 13.0. The monoisotopic (exact) mass is 544 g/mol. The molecule has 0 radical (unpaired) electrons. The molecule has 2 aliphatic rings. The molecule has 2 aromatic carbocycles. The number of carbonyl (C=O) groups excluding carboxylic acids is 2. The highest BCUT2D eigenvalue weighted by atomic mass is 16.7. The van der Waals surface area contributed by atoms with Crippen LogP contribution < -0.4 is 10.6 Å². The van der Waals surface area contributed by atoms with Crippen LogP contribution in [0.5, 0.6) is 0 Å². The van der Waals surface area contributed by atoms with E-state index in [1.54, 1.807) is 12.1 Å². The Bertz CT molecular complexity index is 1130. The van der Waals surface area contributed by atoms with Crippen LogP contribution >= 0.6 is 0 Å².